The zero-order chi connectivity index (χ0) is 6.10. The van der Waals surface area contributed by atoms with Crippen LogP contribution in [0.4, 0.5) is 0 Å². The zero-order valence-electron chi connectivity index (χ0n) is 5.97. The summed E-state index contributed by atoms with van der Waals surface area (Å²) in [6.07, 6.45) is 11.5. The van der Waals surface area contributed by atoms with Crippen LogP contribution in [-0.4, -0.2) is 0 Å². The lowest BCUT2D eigenvalue weighted by molar-refractivity contribution is 0.343. The largest absolute Gasteiger partial charge is 0.0527 e. The van der Waals surface area contributed by atoms with E-state index >= 15 is 0 Å². The van der Waals surface area contributed by atoms with Gasteiger partial charge in [0.15, 0.2) is 0 Å². The van der Waals surface area contributed by atoms with Crippen LogP contribution in [0, 0.1) is 18.3 Å². The second-order valence-electron chi connectivity index (χ2n) is 3.52. The molecule has 0 spiro atoms. The normalized spacial score (nSPS) is 42.7. The van der Waals surface area contributed by atoms with Gasteiger partial charge in [-0.3, -0.25) is 0 Å². The van der Waals surface area contributed by atoms with Gasteiger partial charge in [0.2, 0.25) is 0 Å². The minimum atomic E-state index is 1.04. The Morgan fingerprint density at radius 2 is 1.89 bits per heavy atom. The Morgan fingerprint density at radius 1 is 1.00 bits per heavy atom. The fraction of sp³-hybridized carbons (Fsp3) is 0.889. The summed E-state index contributed by atoms with van der Waals surface area (Å²) < 4.78 is 0. The first-order valence-electron chi connectivity index (χ1n) is 4.30. The van der Waals surface area contributed by atoms with Crippen molar-refractivity contribution in [3.05, 3.63) is 6.42 Å². The molecule has 2 unspecified atom stereocenters. The molecule has 0 aromatic rings. The second-order valence-corrected chi connectivity index (χ2v) is 3.52. The van der Waals surface area contributed by atoms with Gasteiger partial charge in [-0.25, -0.2) is 0 Å². The van der Waals surface area contributed by atoms with E-state index in [-0.39, 0.29) is 0 Å². The van der Waals surface area contributed by atoms with E-state index in [1.807, 2.05) is 0 Å². The van der Waals surface area contributed by atoms with Crippen LogP contribution in [-0.2, 0) is 0 Å². The first kappa shape index (κ1) is 5.76. The van der Waals surface area contributed by atoms with Gasteiger partial charge in [0.25, 0.3) is 0 Å². The Balaban J connectivity index is 1.97. The van der Waals surface area contributed by atoms with Crippen molar-refractivity contribution < 1.29 is 0 Å². The quantitative estimate of drug-likeness (QED) is 0.464. The average Bonchev–Trinajstić information content (AvgIpc) is 2.33. The summed E-state index contributed by atoms with van der Waals surface area (Å²) in [6.45, 7) is 0. The summed E-state index contributed by atoms with van der Waals surface area (Å²) in [4.78, 5) is 0. The van der Waals surface area contributed by atoms with E-state index in [2.05, 4.69) is 6.42 Å². The smallest absolute Gasteiger partial charge is 0.0352 e. The standard InChI is InChI=1S/C9H15/c1-2-5-9-7-3-6-8(9)4-1/h4,8-9H,1-3,5-7H2. The van der Waals surface area contributed by atoms with Gasteiger partial charge in [-0.15, -0.1) is 0 Å². The van der Waals surface area contributed by atoms with Crippen molar-refractivity contribution in [2.75, 3.05) is 0 Å². The molecule has 0 saturated heterocycles. The van der Waals surface area contributed by atoms with Gasteiger partial charge in [0, 0.05) is 0 Å². The van der Waals surface area contributed by atoms with Crippen LogP contribution in [0.5, 0.6) is 0 Å². The predicted octanol–water partition coefficient (Wildman–Crippen LogP) is 2.79. The Kier molecular flexibility index (Phi) is 1.48. The molecule has 0 heteroatoms. The van der Waals surface area contributed by atoms with Crippen LogP contribution in [0.3, 0.4) is 0 Å². The number of hydrogen-bond donors (Lipinski definition) is 0. The van der Waals surface area contributed by atoms with E-state index in [1.54, 1.807) is 0 Å². The monoisotopic (exact) mass is 123 g/mol. The molecule has 2 rings (SSSR count). The van der Waals surface area contributed by atoms with Crippen molar-refractivity contribution >= 4 is 0 Å². The van der Waals surface area contributed by atoms with E-state index in [0.29, 0.717) is 0 Å². The van der Waals surface area contributed by atoms with Gasteiger partial charge in [-0.2, -0.15) is 0 Å². The molecule has 2 aliphatic rings. The molecule has 0 nitrogen and oxygen atoms in total. The van der Waals surface area contributed by atoms with E-state index in [9.17, 15) is 0 Å². The summed E-state index contributed by atoms with van der Waals surface area (Å²) in [5.74, 6) is 2.15. The molecule has 51 valence electrons. The van der Waals surface area contributed by atoms with Gasteiger partial charge < -0.3 is 0 Å². The molecule has 0 bridgehead atoms. The third kappa shape index (κ3) is 0.997. The molecule has 0 aromatic heterocycles. The van der Waals surface area contributed by atoms with E-state index < -0.39 is 0 Å². The summed E-state index contributed by atoms with van der Waals surface area (Å²) in [5, 5.41) is 0. The number of fused-ring (bicyclic) bond motifs is 1. The van der Waals surface area contributed by atoms with Crippen molar-refractivity contribution in [2.24, 2.45) is 11.8 Å². The number of rotatable bonds is 0. The van der Waals surface area contributed by atoms with E-state index in [4.69, 9.17) is 0 Å². The van der Waals surface area contributed by atoms with Crippen molar-refractivity contribution in [3.63, 3.8) is 0 Å². The fourth-order valence-electron chi connectivity index (χ4n) is 2.45. The third-order valence-electron chi connectivity index (χ3n) is 2.97. The highest BCUT2D eigenvalue weighted by atomic mass is 14.3. The van der Waals surface area contributed by atoms with Crippen LogP contribution >= 0.6 is 0 Å². The van der Waals surface area contributed by atoms with Gasteiger partial charge in [-0.1, -0.05) is 25.7 Å². The highest BCUT2D eigenvalue weighted by Crippen LogP contribution is 2.41. The molecule has 1 radical (unpaired) electrons. The molecule has 9 heavy (non-hydrogen) atoms. The number of hydrogen-bond acceptors (Lipinski definition) is 0. The molecular weight excluding hydrogens is 108 g/mol. The first-order chi connectivity index (χ1) is 4.47. The van der Waals surface area contributed by atoms with Crippen LogP contribution in [0.2, 0.25) is 0 Å². The highest BCUT2D eigenvalue weighted by molar-refractivity contribution is 4.90. The van der Waals surface area contributed by atoms with Crippen molar-refractivity contribution in [3.8, 4) is 0 Å². The molecule has 0 aromatic carbocycles. The Morgan fingerprint density at radius 3 is 2.78 bits per heavy atom. The Bertz CT molecular complexity index is 84.2. The summed E-state index contributed by atoms with van der Waals surface area (Å²) in [6, 6.07) is 0. The molecule has 2 fully saturated rings. The average molecular weight is 123 g/mol. The lowest BCUT2D eigenvalue weighted by Gasteiger charge is -2.23. The second kappa shape index (κ2) is 2.32. The van der Waals surface area contributed by atoms with Gasteiger partial charge in [0.1, 0.15) is 0 Å². The van der Waals surface area contributed by atoms with Gasteiger partial charge in [0.05, 0.1) is 0 Å². The summed E-state index contributed by atoms with van der Waals surface area (Å²) >= 11 is 0. The minimum absolute atomic E-state index is 1.04. The summed E-state index contributed by atoms with van der Waals surface area (Å²) in [7, 11) is 0. The van der Waals surface area contributed by atoms with Crippen molar-refractivity contribution in [1.29, 1.82) is 0 Å². The van der Waals surface area contributed by atoms with E-state index in [1.165, 1.54) is 38.5 Å². The topological polar surface area (TPSA) is 0 Å². The fourth-order valence-corrected chi connectivity index (χ4v) is 2.45. The van der Waals surface area contributed by atoms with Crippen LogP contribution in [0.25, 0.3) is 0 Å². The molecular formula is C9H15. The van der Waals surface area contributed by atoms with Crippen LogP contribution in [0.1, 0.15) is 38.5 Å². The van der Waals surface area contributed by atoms with Crippen LogP contribution < -0.4 is 0 Å². The van der Waals surface area contributed by atoms with Crippen molar-refractivity contribution in [1.82, 2.24) is 0 Å². The Labute approximate surface area is 57.6 Å². The molecule has 0 heterocycles. The maximum Gasteiger partial charge on any atom is -0.0352 e. The molecule has 2 saturated carbocycles. The highest BCUT2D eigenvalue weighted by Gasteiger charge is 2.28. The maximum atomic E-state index is 2.57. The lowest BCUT2D eigenvalue weighted by Crippen LogP contribution is -2.13. The molecule has 0 amide bonds. The maximum absolute atomic E-state index is 2.57. The minimum Gasteiger partial charge on any atom is -0.0527 e. The van der Waals surface area contributed by atoms with Gasteiger partial charge >= 0.3 is 0 Å². The Hall–Kier alpha value is 0. The predicted molar refractivity (Wildman–Crippen MR) is 39.0 cm³/mol. The lowest BCUT2D eigenvalue weighted by atomic mass is 9.82. The zero-order valence-corrected chi connectivity index (χ0v) is 5.97. The molecule has 0 aliphatic heterocycles. The van der Waals surface area contributed by atoms with Gasteiger partial charge in [-0.05, 0) is 31.1 Å². The third-order valence-corrected chi connectivity index (χ3v) is 2.97. The molecule has 2 aliphatic carbocycles. The molecule has 2 atom stereocenters. The first-order valence-corrected chi connectivity index (χ1v) is 4.30. The van der Waals surface area contributed by atoms with Crippen LogP contribution in [0.15, 0.2) is 0 Å². The SMILES string of the molecule is [CH]1CCCC2CCCC12. The van der Waals surface area contributed by atoms with Crippen molar-refractivity contribution in [2.45, 2.75) is 38.5 Å². The van der Waals surface area contributed by atoms with E-state index in [0.717, 1.165) is 11.8 Å². The molecule has 0 N–H and O–H groups in total. The summed E-state index contributed by atoms with van der Waals surface area (Å²) in [5.41, 5.74) is 0.